The average Bonchev–Trinajstić information content (AvgIpc) is 3.75. The molecule has 6 rings (SSSR count). The lowest BCUT2D eigenvalue weighted by Crippen LogP contribution is -2.32. The summed E-state index contributed by atoms with van der Waals surface area (Å²) in [6, 6.07) is 24.7. The summed E-state index contributed by atoms with van der Waals surface area (Å²) in [5, 5.41) is 36.6. The van der Waals surface area contributed by atoms with Crippen molar-refractivity contribution in [1.29, 1.82) is 0 Å². The number of benzene rings is 3. The van der Waals surface area contributed by atoms with Gasteiger partial charge in [0, 0.05) is 28.7 Å². The van der Waals surface area contributed by atoms with Crippen molar-refractivity contribution < 1.29 is 25.2 Å². The zero-order valence-corrected chi connectivity index (χ0v) is 23.1. The number of aliphatic carboxylic acids is 1. The van der Waals surface area contributed by atoms with Gasteiger partial charge >= 0.3 is 5.97 Å². The molecule has 0 heterocycles. The van der Waals surface area contributed by atoms with Gasteiger partial charge in [-0.3, -0.25) is 0 Å². The Kier molecular flexibility index (Phi) is 8.50. The monoisotopic (exact) mass is 548 g/mol. The molecule has 0 aliphatic heterocycles. The minimum atomic E-state index is -0.845. The quantitative estimate of drug-likeness (QED) is 0.253. The van der Waals surface area contributed by atoms with Gasteiger partial charge < -0.3 is 20.4 Å². The molecular formula is C36H36O5. The molecule has 0 spiro atoms. The van der Waals surface area contributed by atoms with Crippen LogP contribution in [-0.2, 0) is 4.79 Å². The van der Waals surface area contributed by atoms with Gasteiger partial charge in [-0.15, -0.1) is 0 Å². The van der Waals surface area contributed by atoms with Gasteiger partial charge in [0.05, 0.1) is 19.8 Å². The molecule has 0 radical (unpaired) electrons. The van der Waals surface area contributed by atoms with Crippen molar-refractivity contribution in [1.82, 2.24) is 0 Å². The van der Waals surface area contributed by atoms with Gasteiger partial charge in [0.15, 0.2) is 0 Å². The SMILES string of the molecule is CCC(CO)(CO)CO.O=C(O)C(=C(C1C=Cc2ccccc21)C1C=Cc2ccccc21)C1C=Cc2ccccc21. The minimum Gasteiger partial charge on any atom is -0.478 e. The standard InChI is InChI=1S/C30H22O2.C6H14O3/c31-30(32)29(27-18-15-21-9-3-6-12-24(21)27)28(25-16-13-19-7-1-4-10-22(19)25)26-17-14-20-8-2-5-11-23(20)26;1-2-6(3-7,4-8)5-9/h1-18,25-27H,(H,31,32);7-9H,2-5H2,1H3. The van der Waals surface area contributed by atoms with Crippen LogP contribution in [0.1, 0.15) is 64.5 Å². The predicted molar refractivity (Wildman–Crippen MR) is 163 cm³/mol. The molecule has 3 unspecified atom stereocenters. The van der Waals surface area contributed by atoms with Gasteiger partial charge in [0.2, 0.25) is 0 Å². The Labute approximate surface area is 241 Å². The second-order valence-corrected chi connectivity index (χ2v) is 10.9. The molecule has 3 atom stereocenters. The summed E-state index contributed by atoms with van der Waals surface area (Å²) >= 11 is 0. The smallest absolute Gasteiger partial charge is 0.332 e. The van der Waals surface area contributed by atoms with Crippen LogP contribution in [0, 0.1) is 5.41 Å². The summed E-state index contributed by atoms with van der Waals surface area (Å²) < 4.78 is 0. The molecule has 210 valence electrons. The summed E-state index contributed by atoms with van der Waals surface area (Å²) in [6.07, 6.45) is 13.3. The van der Waals surface area contributed by atoms with E-state index in [1.165, 1.54) is 11.1 Å². The highest BCUT2D eigenvalue weighted by atomic mass is 16.4. The molecule has 41 heavy (non-hydrogen) atoms. The van der Waals surface area contributed by atoms with Crippen LogP contribution in [0.5, 0.6) is 0 Å². The van der Waals surface area contributed by atoms with Crippen LogP contribution in [-0.4, -0.2) is 46.2 Å². The van der Waals surface area contributed by atoms with Gasteiger partial charge in [-0.25, -0.2) is 4.79 Å². The zero-order chi connectivity index (χ0) is 29.0. The number of carboxylic acids is 1. The summed E-state index contributed by atoms with van der Waals surface area (Å²) in [5.41, 5.74) is 7.63. The lowest BCUT2D eigenvalue weighted by Gasteiger charge is -2.27. The first-order chi connectivity index (χ1) is 20.0. The number of fused-ring (bicyclic) bond motifs is 3. The van der Waals surface area contributed by atoms with Crippen LogP contribution >= 0.6 is 0 Å². The van der Waals surface area contributed by atoms with E-state index in [1.54, 1.807) is 0 Å². The third kappa shape index (κ3) is 5.36. The maximum absolute atomic E-state index is 12.9. The Morgan fingerprint density at radius 3 is 1.34 bits per heavy atom. The maximum atomic E-state index is 12.9. The highest BCUT2D eigenvalue weighted by Gasteiger charge is 2.37. The van der Waals surface area contributed by atoms with Crippen LogP contribution in [0.4, 0.5) is 0 Å². The lowest BCUT2D eigenvalue weighted by atomic mass is 9.75. The second kappa shape index (κ2) is 12.2. The fourth-order valence-electron chi connectivity index (χ4n) is 5.99. The van der Waals surface area contributed by atoms with Crippen LogP contribution in [0.25, 0.3) is 18.2 Å². The molecule has 5 nitrogen and oxygen atoms in total. The molecule has 3 aromatic carbocycles. The van der Waals surface area contributed by atoms with Crippen LogP contribution in [0.3, 0.4) is 0 Å². The molecule has 0 amide bonds. The molecule has 0 saturated carbocycles. The molecule has 0 saturated heterocycles. The van der Waals surface area contributed by atoms with Gasteiger partial charge in [-0.05, 0) is 45.4 Å². The Bertz CT molecular complexity index is 1460. The largest absolute Gasteiger partial charge is 0.478 e. The van der Waals surface area contributed by atoms with E-state index in [2.05, 4.69) is 66.8 Å². The molecule has 3 aliphatic carbocycles. The molecule has 3 aromatic rings. The van der Waals surface area contributed by atoms with Crippen molar-refractivity contribution in [2.24, 2.45) is 5.41 Å². The maximum Gasteiger partial charge on any atom is 0.332 e. The first-order valence-corrected chi connectivity index (χ1v) is 14.1. The van der Waals surface area contributed by atoms with Crippen molar-refractivity contribution in [2.45, 2.75) is 31.1 Å². The summed E-state index contributed by atoms with van der Waals surface area (Å²) in [6.45, 7) is 1.35. The first-order valence-electron chi connectivity index (χ1n) is 14.1. The summed E-state index contributed by atoms with van der Waals surface area (Å²) in [5.74, 6) is -1.25. The van der Waals surface area contributed by atoms with E-state index in [0.29, 0.717) is 12.0 Å². The van der Waals surface area contributed by atoms with Crippen molar-refractivity contribution in [3.8, 4) is 0 Å². The lowest BCUT2D eigenvalue weighted by molar-refractivity contribution is -0.133. The van der Waals surface area contributed by atoms with E-state index in [4.69, 9.17) is 15.3 Å². The summed E-state index contributed by atoms with van der Waals surface area (Å²) in [4.78, 5) is 12.9. The number of hydrogen-bond donors (Lipinski definition) is 4. The second-order valence-electron chi connectivity index (χ2n) is 10.9. The molecular weight excluding hydrogens is 512 g/mol. The number of aliphatic hydroxyl groups is 3. The third-order valence-electron chi connectivity index (χ3n) is 8.68. The average molecular weight is 549 g/mol. The number of carboxylic acid groups (broad SMARTS) is 1. The summed E-state index contributed by atoms with van der Waals surface area (Å²) in [7, 11) is 0. The minimum absolute atomic E-state index is 0.0701. The fraction of sp³-hybridized carbons (Fsp3) is 0.250. The Morgan fingerprint density at radius 1 is 0.634 bits per heavy atom. The third-order valence-corrected chi connectivity index (χ3v) is 8.68. The van der Waals surface area contributed by atoms with E-state index in [-0.39, 0.29) is 37.6 Å². The number of carbonyl (C=O) groups is 1. The van der Waals surface area contributed by atoms with Gasteiger partial charge in [-0.1, -0.05) is 116 Å². The fourth-order valence-corrected chi connectivity index (χ4v) is 5.99. The van der Waals surface area contributed by atoms with Gasteiger partial charge in [0.1, 0.15) is 0 Å². The number of hydrogen-bond acceptors (Lipinski definition) is 4. The van der Waals surface area contributed by atoms with Crippen molar-refractivity contribution in [3.05, 3.63) is 136 Å². The Hall–Kier alpha value is -4.03. The van der Waals surface area contributed by atoms with Crippen molar-refractivity contribution in [3.63, 3.8) is 0 Å². The Morgan fingerprint density at radius 2 is 1.00 bits per heavy atom. The first kappa shape index (κ1) is 28.5. The highest BCUT2D eigenvalue weighted by molar-refractivity contribution is 5.93. The molecule has 0 fully saturated rings. The zero-order valence-electron chi connectivity index (χ0n) is 23.1. The molecule has 5 heteroatoms. The number of allylic oxidation sites excluding steroid dienone is 4. The van der Waals surface area contributed by atoms with E-state index < -0.39 is 11.4 Å². The number of aliphatic hydroxyl groups excluding tert-OH is 3. The van der Waals surface area contributed by atoms with Gasteiger partial charge in [-0.2, -0.15) is 0 Å². The molecule has 3 aliphatic rings. The molecule has 0 bridgehead atoms. The van der Waals surface area contributed by atoms with Crippen LogP contribution < -0.4 is 0 Å². The topological polar surface area (TPSA) is 98.0 Å². The molecule has 0 aromatic heterocycles. The molecule has 4 N–H and O–H groups in total. The predicted octanol–water partition coefficient (Wildman–Crippen LogP) is 6.16. The van der Waals surface area contributed by atoms with Crippen molar-refractivity contribution >= 4 is 24.2 Å². The van der Waals surface area contributed by atoms with E-state index in [1.807, 2.05) is 49.4 Å². The van der Waals surface area contributed by atoms with E-state index >= 15 is 0 Å². The number of rotatable bonds is 8. The highest BCUT2D eigenvalue weighted by Crippen LogP contribution is 2.50. The van der Waals surface area contributed by atoms with E-state index in [9.17, 15) is 9.90 Å². The van der Waals surface area contributed by atoms with E-state index in [0.717, 1.165) is 27.8 Å². The Balaban J connectivity index is 0.000000327. The van der Waals surface area contributed by atoms with Crippen LogP contribution in [0.2, 0.25) is 0 Å². The van der Waals surface area contributed by atoms with Gasteiger partial charge in [0.25, 0.3) is 0 Å². The van der Waals surface area contributed by atoms with Crippen LogP contribution in [0.15, 0.2) is 102 Å². The normalized spacial score (nSPS) is 19.3. The van der Waals surface area contributed by atoms with Crippen molar-refractivity contribution in [2.75, 3.05) is 19.8 Å².